The third kappa shape index (κ3) is 4.27. The lowest BCUT2D eigenvalue weighted by Crippen LogP contribution is -2.35. The molecule has 5 rings (SSSR count). The maximum absolute atomic E-state index is 12.7. The molecule has 160 valence electrons. The van der Waals surface area contributed by atoms with E-state index in [-0.39, 0.29) is 6.03 Å². The molecule has 1 aliphatic heterocycles. The van der Waals surface area contributed by atoms with Crippen LogP contribution in [0.2, 0.25) is 0 Å². The molecule has 4 aromatic rings. The summed E-state index contributed by atoms with van der Waals surface area (Å²) in [5, 5.41) is 3.03. The van der Waals surface area contributed by atoms with Gasteiger partial charge >= 0.3 is 6.03 Å². The monoisotopic (exact) mass is 424 g/mol. The Bertz CT molecular complexity index is 1220. The number of carbonyl (C=O) groups excluding carboxylic acids is 1. The van der Waals surface area contributed by atoms with Crippen LogP contribution in [0.5, 0.6) is 0 Å². The zero-order valence-corrected chi connectivity index (χ0v) is 17.7. The van der Waals surface area contributed by atoms with Crippen molar-refractivity contribution < 1.29 is 4.79 Å². The molecule has 1 fully saturated rings. The average Bonchev–Trinajstić information content (AvgIpc) is 3.14. The molecule has 0 unspecified atom stereocenters. The minimum atomic E-state index is -0.0609. The smallest absolute Gasteiger partial charge is 0.321 e. The zero-order chi connectivity index (χ0) is 21.8. The number of hydrogen-bond donors (Lipinski definition) is 1. The van der Waals surface area contributed by atoms with Gasteiger partial charge in [0.05, 0.1) is 22.4 Å². The molecule has 0 radical (unpaired) electrons. The topological polar surface area (TPSA) is 83.9 Å². The Morgan fingerprint density at radius 2 is 1.38 bits per heavy atom. The maximum atomic E-state index is 12.7. The standard InChI is InChI=1S/C25H24N6O/c32-25(31-15-7-1-2-8-16-31)28-18-11-12-19-22(17-18)30-24(21-10-4-6-14-27-21)23(29-19)20-9-3-5-13-26-20/h3-6,9-14,17H,1-2,7-8,15-16H2,(H,28,32). The molecule has 7 heteroatoms. The van der Waals surface area contributed by atoms with Gasteiger partial charge in [0.1, 0.15) is 11.4 Å². The number of nitrogens with zero attached hydrogens (tertiary/aromatic N) is 5. The minimum Gasteiger partial charge on any atom is -0.325 e. The van der Waals surface area contributed by atoms with E-state index in [0.717, 1.165) is 42.8 Å². The summed E-state index contributed by atoms with van der Waals surface area (Å²) in [5.74, 6) is 0. The van der Waals surface area contributed by atoms with E-state index in [1.54, 1.807) is 12.4 Å². The van der Waals surface area contributed by atoms with Crippen LogP contribution >= 0.6 is 0 Å². The second-order valence-electron chi connectivity index (χ2n) is 7.89. The second kappa shape index (κ2) is 9.09. The number of anilines is 1. The summed E-state index contributed by atoms with van der Waals surface area (Å²) in [6.07, 6.45) is 7.96. The highest BCUT2D eigenvalue weighted by molar-refractivity contribution is 5.93. The average molecular weight is 425 g/mol. The molecule has 7 nitrogen and oxygen atoms in total. The summed E-state index contributed by atoms with van der Waals surface area (Å²) in [5.41, 5.74) is 4.93. The van der Waals surface area contributed by atoms with Crippen LogP contribution in [0.25, 0.3) is 33.8 Å². The van der Waals surface area contributed by atoms with Crippen LogP contribution in [0.4, 0.5) is 10.5 Å². The Balaban J connectivity index is 1.52. The Morgan fingerprint density at radius 1 is 0.750 bits per heavy atom. The van der Waals surface area contributed by atoms with Gasteiger partial charge in [0.25, 0.3) is 0 Å². The van der Waals surface area contributed by atoms with Crippen LogP contribution in [0, 0.1) is 0 Å². The van der Waals surface area contributed by atoms with Crippen LogP contribution in [0.1, 0.15) is 25.7 Å². The van der Waals surface area contributed by atoms with Crippen LogP contribution in [-0.4, -0.2) is 44.0 Å². The number of benzene rings is 1. The van der Waals surface area contributed by atoms with Crippen molar-refractivity contribution in [2.24, 2.45) is 0 Å². The van der Waals surface area contributed by atoms with Crippen molar-refractivity contribution >= 4 is 22.8 Å². The highest BCUT2D eigenvalue weighted by Gasteiger charge is 2.17. The molecule has 0 aliphatic carbocycles. The van der Waals surface area contributed by atoms with Gasteiger partial charge in [0.15, 0.2) is 0 Å². The molecule has 4 heterocycles. The summed E-state index contributed by atoms with van der Waals surface area (Å²) in [7, 11) is 0. The van der Waals surface area contributed by atoms with E-state index in [4.69, 9.17) is 9.97 Å². The number of aromatic nitrogens is 4. The molecular weight excluding hydrogens is 400 g/mol. The van der Waals surface area contributed by atoms with Gasteiger partial charge in [0, 0.05) is 31.2 Å². The molecule has 0 saturated carbocycles. The summed E-state index contributed by atoms with van der Waals surface area (Å²) in [6, 6.07) is 17.0. The third-order valence-corrected chi connectivity index (χ3v) is 5.62. The third-order valence-electron chi connectivity index (χ3n) is 5.62. The molecule has 1 aliphatic rings. The number of hydrogen-bond acceptors (Lipinski definition) is 5. The van der Waals surface area contributed by atoms with E-state index in [2.05, 4.69) is 15.3 Å². The number of fused-ring (bicyclic) bond motifs is 1. The summed E-state index contributed by atoms with van der Waals surface area (Å²) in [4.78, 5) is 33.3. The predicted octanol–water partition coefficient (Wildman–Crippen LogP) is 5.16. The number of urea groups is 1. The number of likely N-dealkylation sites (tertiary alicyclic amines) is 1. The predicted molar refractivity (Wildman–Crippen MR) is 125 cm³/mol. The lowest BCUT2D eigenvalue weighted by Gasteiger charge is -2.20. The van der Waals surface area contributed by atoms with Crippen molar-refractivity contribution in [3.05, 3.63) is 67.0 Å². The fraction of sp³-hybridized carbons (Fsp3) is 0.240. The number of amides is 2. The first kappa shape index (κ1) is 20.1. The molecule has 0 atom stereocenters. The fourth-order valence-corrected chi connectivity index (χ4v) is 3.97. The van der Waals surface area contributed by atoms with E-state index in [1.165, 1.54) is 12.8 Å². The molecule has 0 spiro atoms. The lowest BCUT2D eigenvalue weighted by atomic mass is 10.1. The lowest BCUT2D eigenvalue weighted by molar-refractivity contribution is 0.214. The molecule has 32 heavy (non-hydrogen) atoms. The van der Waals surface area contributed by atoms with Crippen LogP contribution in [0.3, 0.4) is 0 Å². The van der Waals surface area contributed by atoms with Gasteiger partial charge in [-0.2, -0.15) is 0 Å². The molecule has 3 aromatic heterocycles. The summed E-state index contributed by atoms with van der Waals surface area (Å²) >= 11 is 0. The van der Waals surface area contributed by atoms with Gasteiger partial charge in [-0.25, -0.2) is 14.8 Å². The normalized spacial score (nSPS) is 14.2. The van der Waals surface area contributed by atoms with E-state index in [0.29, 0.717) is 22.6 Å². The van der Waals surface area contributed by atoms with Crippen LogP contribution < -0.4 is 5.32 Å². The van der Waals surface area contributed by atoms with Gasteiger partial charge in [-0.3, -0.25) is 9.97 Å². The minimum absolute atomic E-state index is 0.0609. The quantitative estimate of drug-likeness (QED) is 0.491. The Labute approximate surface area is 186 Å². The van der Waals surface area contributed by atoms with E-state index in [1.807, 2.05) is 59.5 Å². The van der Waals surface area contributed by atoms with Crippen molar-refractivity contribution in [2.45, 2.75) is 25.7 Å². The molecule has 0 bridgehead atoms. The number of pyridine rings is 2. The first-order valence-electron chi connectivity index (χ1n) is 11.0. The highest BCUT2D eigenvalue weighted by atomic mass is 16.2. The van der Waals surface area contributed by atoms with Crippen molar-refractivity contribution in [2.75, 3.05) is 18.4 Å². The number of rotatable bonds is 3. The van der Waals surface area contributed by atoms with Gasteiger partial charge in [-0.1, -0.05) is 25.0 Å². The van der Waals surface area contributed by atoms with Gasteiger partial charge in [-0.15, -0.1) is 0 Å². The fourth-order valence-electron chi connectivity index (χ4n) is 3.97. The molecule has 1 saturated heterocycles. The van der Waals surface area contributed by atoms with Crippen molar-refractivity contribution in [3.8, 4) is 22.8 Å². The molecule has 2 amide bonds. The van der Waals surface area contributed by atoms with Crippen molar-refractivity contribution in [1.82, 2.24) is 24.8 Å². The second-order valence-corrected chi connectivity index (χ2v) is 7.89. The van der Waals surface area contributed by atoms with Crippen molar-refractivity contribution in [1.29, 1.82) is 0 Å². The van der Waals surface area contributed by atoms with E-state index < -0.39 is 0 Å². The Morgan fingerprint density at radius 3 is 1.97 bits per heavy atom. The maximum Gasteiger partial charge on any atom is 0.321 e. The largest absolute Gasteiger partial charge is 0.325 e. The van der Waals surface area contributed by atoms with E-state index in [9.17, 15) is 4.79 Å². The van der Waals surface area contributed by atoms with Crippen LogP contribution in [0.15, 0.2) is 67.0 Å². The Hall–Kier alpha value is -3.87. The summed E-state index contributed by atoms with van der Waals surface area (Å²) < 4.78 is 0. The molecule has 1 aromatic carbocycles. The van der Waals surface area contributed by atoms with E-state index >= 15 is 0 Å². The zero-order valence-electron chi connectivity index (χ0n) is 17.7. The summed E-state index contributed by atoms with van der Waals surface area (Å²) in [6.45, 7) is 1.60. The SMILES string of the molecule is O=C(Nc1ccc2nc(-c3ccccn3)c(-c3ccccn3)nc2c1)N1CCCCCC1. The van der Waals surface area contributed by atoms with Gasteiger partial charge in [-0.05, 0) is 55.3 Å². The molecule has 1 N–H and O–H groups in total. The first-order chi connectivity index (χ1) is 15.8. The molecular formula is C25H24N6O. The first-order valence-corrected chi connectivity index (χ1v) is 11.0. The van der Waals surface area contributed by atoms with Crippen LogP contribution in [-0.2, 0) is 0 Å². The highest BCUT2D eigenvalue weighted by Crippen LogP contribution is 2.29. The van der Waals surface area contributed by atoms with Gasteiger partial charge < -0.3 is 10.2 Å². The number of nitrogens with one attached hydrogen (secondary N) is 1. The van der Waals surface area contributed by atoms with Crippen molar-refractivity contribution in [3.63, 3.8) is 0 Å². The van der Waals surface area contributed by atoms with Gasteiger partial charge in [0.2, 0.25) is 0 Å². The Kier molecular flexibility index (Phi) is 5.70. The number of carbonyl (C=O) groups is 1.